The molecule has 0 amide bonds. The Labute approximate surface area is 303 Å². The van der Waals surface area contributed by atoms with Crippen LogP contribution in [0.1, 0.15) is 63.5 Å². The number of allylic oxidation sites excluding steroid dienone is 16. The predicted octanol–water partition coefficient (Wildman–Crippen LogP) is 13.2. The van der Waals surface area contributed by atoms with Gasteiger partial charge in [-0.3, -0.25) is 0 Å². The van der Waals surface area contributed by atoms with Crippen molar-refractivity contribution in [1.29, 1.82) is 0 Å². The first-order chi connectivity index (χ1) is 23.7. The van der Waals surface area contributed by atoms with Crippen molar-refractivity contribution in [2.24, 2.45) is 0 Å². The first-order valence-corrected chi connectivity index (χ1v) is 19.9. The average molecular weight is 694 g/mol. The maximum atomic E-state index is 6.92. The van der Waals surface area contributed by atoms with Crippen LogP contribution in [0.5, 0.6) is 0 Å². The molecule has 4 aromatic rings. The fraction of sp³-hybridized carbons (Fsp3) is 0.217. The Hall–Kier alpha value is -3.88. The molecule has 0 radical (unpaired) electrons. The summed E-state index contributed by atoms with van der Waals surface area (Å²) in [5.41, 5.74) is 11.5. The Morgan fingerprint density at radius 3 is 1.45 bits per heavy atom. The molecular formula is C46H42Cl2Si. The van der Waals surface area contributed by atoms with Crippen LogP contribution in [0.15, 0.2) is 167 Å². The Morgan fingerprint density at radius 1 is 0.592 bits per heavy atom. The second-order valence-electron chi connectivity index (χ2n) is 14.5. The minimum Gasteiger partial charge on any atom is -0.0837 e. The van der Waals surface area contributed by atoms with E-state index in [4.69, 9.17) is 23.2 Å². The van der Waals surface area contributed by atoms with Crippen molar-refractivity contribution in [1.82, 2.24) is 0 Å². The van der Waals surface area contributed by atoms with E-state index >= 15 is 0 Å². The van der Waals surface area contributed by atoms with Crippen molar-refractivity contribution >= 4 is 54.3 Å². The summed E-state index contributed by atoms with van der Waals surface area (Å²) in [6.45, 7) is 9.82. The van der Waals surface area contributed by atoms with Gasteiger partial charge in [-0.05, 0) is 69.2 Å². The number of rotatable bonds is 6. The Kier molecular flexibility index (Phi) is 8.22. The zero-order chi connectivity index (χ0) is 33.9. The zero-order valence-electron chi connectivity index (χ0n) is 28.7. The van der Waals surface area contributed by atoms with Crippen LogP contribution < -0.4 is 0 Å². The third-order valence-corrected chi connectivity index (χ3v) is 15.5. The molecule has 0 nitrogen and oxygen atoms in total. The second kappa shape index (κ2) is 12.5. The molecule has 0 spiro atoms. The summed E-state index contributed by atoms with van der Waals surface area (Å²) < 4.78 is 0. The van der Waals surface area contributed by atoms with E-state index in [2.05, 4.69) is 161 Å². The Balaban J connectivity index is 1.23. The minimum atomic E-state index is -0.858. The lowest BCUT2D eigenvalue weighted by atomic mass is 9.86. The number of halogens is 2. The summed E-state index contributed by atoms with van der Waals surface area (Å²) in [6, 6.07) is 26.0. The van der Waals surface area contributed by atoms with Crippen molar-refractivity contribution in [3.63, 3.8) is 0 Å². The van der Waals surface area contributed by atoms with Gasteiger partial charge in [0.2, 0.25) is 0 Å². The van der Waals surface area contributed by atoms with Crippen LogP contribution in [0.25, 0.3) is 21.5 Å². The fourth-order valence-electron chi connectivity index (χ4n) is 9.39. The molecule has 0 saturated carbocycles. The highest BCUT2D eigenvalue weighted by molar-refractivity contribution is 6.50. The standard InChI is InChI=1S/C46H42Cl2Si/c1-5-33-27-39-35(31-23-29-15-7-9-19-37(29)43(47)25-31)17-11-13-21-41(39)45(33,3)49-46(4)34(6-2)28-40-36(18-12-14-22-42(40)46)32-24-30-16-8-10-20-38(30)44(48)26-32/h7-28,35-36H,5-6,49H2,1-4H3. The summed E-state index contributed by atoms with van der Waals surface area (Å²) in [5, 5.41) is 6.26. The van der Waals surface area contributed by atoms with Gasteiger partial charge in [-0.25, -0.2) is 0 Å². The molecule has 244 valence electrons. The van der Waals surface area contributed by atoms with Crippen molar-refractivity contribution in [3.05, 3.63) is 188 Å². The van der Waals surface area contributed by atoms with E-state index < -0.39 is 9.52 Å². The minimum absolute atomic E-state index is 0.00623. The second-order valence-corrected chi connectivity index (χ2v) is 18.5. The molecule has 4 atom stereocenters. The van der Waals surface area contributed by atoms with Crippen molar-refractivity contribution in [3.8, 4) is 0 Å². The average Bonchev–Trinajstić information content (AvgIpc) is 3.30. The third kappa shape index (κ3) is 5.25. The van der Waals surface area contributed by atoms with Gasteiger partial charge in [0, 0.05) is 42.7 Å². The van der Waals surface area contributed by atoms with Gasteiger partial charge in [-0.2, -0.15) is 0 Å². The monoisotopic (exact) mass is 692 g/mol. The molecule has 0 aliphatic heterocycles. The summed E-state index contributed by atoms with van der Waals surface area (Å²) in [6.07, 6.45) is 25.8. The number of benzene rings is 4. The van der Waals surface area contributed by atoms with E-state index in [9.17, 15) is 0 Å². The van der Waals surface area contributed by atoms with Gasteiger partial charge >= 0.3 is 0 Å². The molecule has 49 heavy (non-hydrogen) atoms. The van der Waals surface area contributed by atoms with Gasteiger partial charge in [0.1, 0.15) is 0 Å². The molecule has 3 heteroatoms. The first-order valence-electron chi connectivity index (χ1n) is 17.7. The maximum absolute atomic E-state index is 6.92. The molecule has 4 aliphatic carbocycles. The lowest BCUT2D eigenvalue weighted by molar-refractivity contribution is 0.732. The molecule has 4 aromatic carbocycles. The van der Waals surface area contributed by atoms with E-state index in [0.717, 1.165) is 33.7 Å². The van der Waals surface area contributed by atoms with Crippen LogP contribution in [0.3, 0.4) is 0 Å². The van der Waals surface area contributed by atoms with Crippen LogP contribution in [-0.4, -0.2) is 9.52 Å². The SMILES string of the molecule is CCC1=CC2=C(C=CC=CC2c2cc(Cl)c3ccccc3c2)C1(C)[SiH2]C1(C)C(CC)=CC2=C1C=CC=CC2c1cc(Cl)c2ccccc2c1. The van der Waals surface area contributed by atoms with Crippen LogP contribution in [0, 0.1) is 0 Å². The van der Waals surface area contributed by atoms with Gasteiger partial charge in [-0.15, -0.1) is 0 Å². The molecule has 0 bridgehead atoms. The Bertz CT molecular complexity index is 2130. The van der Waals surface area contributed by atoms with E-state index in [1.165, 1.54) is 44.2 Å². The third-order valence-electron chi connectivity index (χ3n) is 11.8. The molecule has 4 aliphatic rings. The van der Waals surface area contributed by atoms with Crippen molar-refractivity contribution in [2.45, 2.75) is 62.4 Å². The largest absolute Gasteiger partial charge is 0.0837 e. The van der Waals surface area contributed by atoms with Gasteiger partial charge in [-0.1, -0.05) is 183 Å². The van der Waals surface area contributed by atoms with Crippen LogP contribution in [-0.2, 0) is 0 Å². The van der Waals surface area contributed by atoms with Crippen LogP contribution in [0.4, 0.5) is 0 Å². The highest BCUT2D eigenvalue weighted by Crippen LogP contribution is 2.63. The summed E-state index contributed by atoms with van der Waals surface area (Å²) in [7, 11) is -0.858. The van der Waals surface area contributed by atoms with Crippen LogP contribution >= 0.6 is 23.2 Å². The van der Waals surface area contributed by atoms with Crippen molar-refractivity contribution < 1.29 is 0 Å². The zero-order valence-corrected chi connectivity index (χ0v) is 31.7. The van der Waals surface area contributed by atoms with E-state index in [1.807, 2.05) is 0 Å². The predicted molar refractivity (Wildman–Crippen MR) is 216 cm³/mol. The lowest BCUT2D eigenvalue weighted by Gasteiger charge is -2.41. The smallest absolute Gasteiger partial charge is 0.0544 e. The van der Waals surface area contributed by atoms with Gasteiger partial charge in [0.15, 0.2) is 0 Å². The van der Waals surface area contributed by atoms with E-state index in [1.54, 1.807) is 11.1 Å². The topological polar surface area (TPSA) is 0 Å². The first kappa shape index (κ1) is 32.3. The highest BCUT2D eigenvalue weighted by Gasteiger charge is 2.49. The normalized spacial score (nSPS) is 26.2. The molecular weight excluding hydrogens is 651 g/mol. The molecule has 8 rings (SSSR count). The summed E-state index contributed by atoms with van der Waals surface area (Å²) in [4.78, 5) is 0. The molecule has 0 fully saturated rings. The summed E-state index contributed by atoms with van der Waals surface area (Å²) in [5.74, 6) is 0.307. The fourth-order valence-corrected chi connectivity index (χ4v) is 13.6. The molecule has 0 aromatic heterocycles. The Morgan fingerprint density at radius 2 is 1.02 bits per heavy atom. The van der Waals surface area contributed by atoms with E-state index in [0.29, 0.717) is 0 Å². The maximum Gasteiger partial charge on any atom is 0.0544 e. The molecule has 0 saturated heterocycles. The lowest BCUT2D eigenvalue weighted by Crippen LogP contribution is -2.31. The number of fused-ring (bicyclic) bond motifs is 2. The number of hydrogen-bond donors (Lipinski definition) is 0. The summed E-state index contributed by atoms with van der Waals surface area (Å²) >= 11 is 13.8. The number of hydrogen-bond acceptors (Lipinski definition) is 0. The molecule has 0 heterocycles. The molecule has 0 N–H and O–H groups in total. The quantitative estimate of drug-likeness (QED) is 0.176. The molecule has 4 unspecified atom stereocenters. The van der Waals surface area contributed by atoms with Crippen LogP contribution in [0.2, 0.25) is 20.1 Å². The van der Waals surface area contributed by atoms with Gasteiger partial charge < -0.3 is 0 Å². The van der Waals surface area contributed by atoms with Gasteiger partial charge in [0.25, 0.3) is 0 Å². The van der Waals surface area contributed by atoms with Gasteiger partial charge in [0.05, 0.1) is 9.52 Å². The van der Waals surface area contributed by atoms with Crippen molar-refractivity contribution in [2.75, 3.05) is 0 Å². The highest BCUT2D eigenvalue weighted by atomic mass is 35.5. The van der Waals surface area contributed by atoms with E-state index in [-0.39, 0.29) is 21.9 Å².